The van der Waals surface area contributed by atoms with Crippen LogP contribution in [0.15, 0.2) is 24.3 Å². The van der Waals surface area contributed by atoms with Gasteiger partial charge in [-0.2, -0.15) is 0 Å². The third kappa shape index (κ3) is 8.79. The second kappa shape index (κ2) is 10.7. The van der Waals surface area contributed by atoms with Crippen LogP contribution in [0.2, 0.25) is 0 Å². The third-order valence-electron chi connectivity index (χ3n) is 1.52. The molecule has 1 aromatic carbocycles. The summed E-state index contributed by atoms with van der Waals surface area (Å²) in [4.78, 5) is 20.2. The van der Waals surface area contributed by atoms with Crippen molar-refractivity contribution in [2.24, 2.45) is 0 Å². The maximum absolute atomic E-state index is 10.1. The van der Waals surface area contributed by atoms with E-state index in [0.29, 0.717) is 0 Å². The van der Waals surface area contributed by atoms with Gasteiger partial charge in [-0.05, 0) is 12.1 Å². The molecular weight excluding hydrogens is 262 g/mol. The molecule has 18 heavy (non-hydrogen) atoms. The number of carboxylic acids is 2. The Morgan fingerprint density at radius 3 is 1.67 bits per heavy atom. The molecule has 0 amide bonds. The second-order valence-electron chi connectivity index (χ2n) is 2.80. The van der Waals surface area contributed by atoms with Crippen LogP contribution in [0.3, 0.4) is 0 Å². The molecule has 0 aliphatic rings. The van der Waals surface area contributed by atoms with Crippen LogP contribution in [0.4, 0.5) is 0 Å². The Hall–Kier alpha value is -0.240. The van der Waals surface area contributed by atoms with Crippen LogP contribution in [0.25, 0.3) is 0 Å². The first-order valence-corrected chi connectivity index (χ1v) is 4.33. The molecule has 0 aliphatic carbocycles. The Morgan fingerprint density at radius 2 is 1.33 bits per heavy atom. The minimum absolute atomic E-state index is 0. The fraction of sp³-hybridized carbons (Fsp3) is 0.200. The fourth-order valence-corrected chi connectivity index (χ4v) is 0.938. The van der Waals surface area contributed by atoms with Crippen LogP contribution in [0.1, 0.15) is 0 Å². The maximum atomic E-state index is 10.1. The molecule has 0 radical (unpaired) electrons. The van der Waals surface area contributed by atoms with E-state index in [1.807, 2.05) is 0 Å². The van der Waals surface area contributed by atoms with Crippen molar-refractivity contribution < 1.29 is 88.4 Å². The molecule has 86 valence electrons. The first-order valence-electron chi connectivity index (χ1n) is 4.33. The molecule has 0 bridgehead atoms. The Kier molecular flexibility index (Phi) is 11.9. The van der Waals surface area contributed by atoms with Gasteiger partial charge in [-0.15, -0.1) is 0 Å². The summed E-state index contributed by atoms with van der Waals surface area (Å²) in [5.74, 6) is -2.19. The van der Waals surface area contributed by atoms with Gasteiger partial charge in [-0.1, -0.05) is 6.07 Å². The largest absolute Gasteiger partial charge is 1.00 e. The monoisotopic (exact) mass is 270 g/mol. The van der Waals surface area contributed by atoms with Crippen LogP contribution in [0.5, 0.6) is 11.5 Å². The van der Waals surface area contributed by atoms with E-state index in [9.17, 15) is 19.8 Å². The molecule has 6 nitrogen and oxygen atoms in total. The summed E-state index contributed by atoms with van der Waals surface area (Å²) >= 11 is 0. The fourth-order valence-electron chi connectivity index (χ4n) is 0.938. The number of rotatable bonds is 6. The smallest absolute Gasteiger partial charge is 0.546 e. The van der Waals surface area contributed by atoms with Gasteiger partial charge in [-0.25, -0.2) is 0 Å². The van der Waals surface area contributed by atoms with E-state index >= 15 is 0 Å². The van der Waals surface area contributed by atoms with Crippen molar-refractivity contribution >= 4 is 11.9 Å². The number of ether oxygens (including phenoxy) is 2. The first kappa shape index (κ1) is 20.1. The summed E-state index contributed by atoms with van der Waals surface area (Å²) in [6.07, 6.45) is 0. The SMILES string of the molecule is O=C([O-])COc1cccc(OCC(=O)[O-])c1.[Na+].[Na+]. The molecule has 0 saturated carbocycles. The molecular formula is C10H8Na2O6. The standard InChI is InChI=1S/C10H10O6.2Na/c11-9(12)5-15-7-2-1-3-8(4-7)16-6-10(13)14;;/h1-4H,5-6H2,(H,11,12)(H,13,14);;/q;2*+1/p-2. The number of carbonyl (C=O) groups excluding carboxylic acids is 2. The molecule has 0 aliphatic heterocycles. The second-order valence-corrected chi connectivity index (χ2v) is 2.80. The normalized spacial score (nSPS) is 8.44. The average Bonchev–Trinajstić information content (AvgIpc) is 2.24. The van der Waals surface area contributed by atoms with Crippen LogP contribution in [-0.2, 0) is 9.59 Å². The zero-order valence-corrected chi connectivity index (χ0v) is 14.2. The van der Waals surface area contributed by atoms with E-state index in [0.717, 1.165) is 0 Å². The zero-order chi connectivity index (χ0) is 12.0. The molecule has 0 unspecified atom stereocenters. The number of carbonyl (C=O) groups is 2. The van der Waals surface area contributed by atoms with E-state index in [-0.39, 0.29) is 70.6 Å². The maximum Gasteiger partial charge on any atom is 1.00 e. The molecule has 0 aromatic heterocycles. The van der Waals surface area contributed by atoms with Crippen LogP contribution >= 0.6 is 0 Å². The molecule has 0 N–H and O–H groups in total. The molecule has 8 heteroatoms. The van der Waals surface area contributed by atoms with Gasteiger partial charge < -0.3 is 29.3 Å². The summed E-state index contributed by atoms with van der Waals surface area (Å²) in [6.45, 7) is -1.16. The third-order valence-corrected chi connectivity index (χ3v) is 1.52. The van der Waals surface area contributed by atoms with Gasteiger partial charge in [0, 0.05) is 6.07 Å². The minimum atomic E-state index is -1.35. The summed E-state index contributed by atoms with van der Waals surface area (Å²) in [5, 5.41) is 20.2. The van der Waals surface area contributed by atoms with Gasteiger partial charge in [0.1, 0.15) is 24.7 Å². The van der Waals surface area contributed by atoms with Gasteiger partial charge in [0.05, 0.1) is 11.9 Å². The van der Waals surface area contributed by atoms with Gasteiger partial charge in [0.25, 0.3) is 0 Å². The van der Waals surface area contributed by atoms with Gasteiger partial charge >= 0.3 is 59.1 Å². The average molecular weight is 270 g/mol. The van der Waals surface area contributed by atoms with Gasteiger partial charge in [0.15, 0.2) is 0 Å². The number of benzene rings is 1. The predicted molar refractivity (Wildman–Crippen MR) is 47.4 cm³/mol. The van der Waals surface area contributed by atoms with Crippen molar-refractivity contribution in [2.75, 3.05) is 13.2 Å². The minimum Gasteiger partial charge on any atom is -0.546 e. The van der Waals surface area contributed by atoms with Crippen molar-refractivity contribution in [2.45, 2.75) is 0 Å². The Labute approximate surface area is 148 Å². The first-order chi connectivity index (χ1) is 7.58. The number of hydrogen-bond acceptors (Lipinski definition) is 6. The van der Waals surface area contributed by atoms with Crippen LogP contribution in [-0.4, -0.2) is 25.2 Å². The van der Waals surface area contributed by atoms with E-state index in [1.54, 1.807) is 0 Å². The van der Waals surface area contributed by atoms with E-state index in [4.69, 9.17) is 9.47 Å². The van der Waals surface area contributed by atoms with Crippen molar-refractivity contribution in [1.82, 2.24) is 0 Å². The van der Waals surface area contributed by atoms with Crippen molar-refractivity contribution in [3.63, 3.8) is 0 Å². The van der Waals surface area contributed by atoms with Crippen molar-refractivity contribution in [3.8, 4) is 11.5 Å². The van der Waals surface area contributed by atoms with Crippen LogP contribution in [0, 0.1) is 0 Å². The van der Waals surface area contributed by atoms with E-state index in [1.165, 1.54) is 24.3 Å². The summed E-state index contributed by atoms with van der Waals surface area (Å²) in [7, 11) is 0. The van der Waals surface area contributed by atoms with E-state index in [2.05, 4.69) is 0 Å². The van der Waals surface area contributed by atoms with Crippen molar-refractivity contribution in [1.29, 1.82) is 0 Å². The quantitative estimate of drug-likeness (QED) is 0.476. The Morgan fingerprint density at radius 1 is 0.944 bits per heavy atom. The van der Waals surface area contributed by atoms with Gasteiger partial charge in [-0.3, -0.25) is 0 Å². The Balaban J connectivity index is 0. The summed E-state index contributed by atoms with van der Waals surface area (Å²) < 4.78 is 9.62. The number of hydrogen-bond donors (Lipinski definition) is 0. The van der Waals surface area contributed by atoms with Gasteiger partial charge in [0.2, 0.25) is 0 Å². The topological polar surface area (TPSA) is 98.7 Å². The molecule has 1 rings (SSSR count). The molecule has 1 aromatic rings. The van der Waals surface area contributed by atoms with E-state index < -0.39 is 25.2 Å². The van der Waals surface area contributed by atoms with Crippen LogP contribution < -0.4 is 78.8 Å². The summed E-state index contributed by atoms with van der Waals surface area (Å²) in [6, 6.07) is 5.92. The molecule has 0 spiro atoms. The Bertz CT molecular complexity index is 362. The molecule has 0 fully saturated rings. The zero-order valence-electron chi connectivity index (χ0n) is 10.2. The number of aliphatic carboxylic acids is 2. The predicted octanol–water partition coefficient (Wildman–Crippen LogP) is -8.05. The summed E-state index contributed by atoms with van der Waals surface area (Å²) in [5.41, 5.74) is 0. The molecule has 0 heterocycles. The molecule has 0 atom stereocenters. The van der Waals surface area contributed by atoms with Crippen molar-refractivity contribution in [3.05, 3.63) is 24.3 Å². The number of carboxylic acid groups (broad SMARTS) is 2. The molecule has 0 saturated heterocycles.